The van der Waals surface area contributed by atoms with Gasteiger partial charge >= 0.3 is 0 Å². The lowest BCUT2D eigenvalue weighted by Crippen LogP contribution is -2.26. The van der Waals surface area contributed by atoms with Gasteiger partial charge in [0.25, 0.3) is 0 Å². The number of fused-ring (bicyclic) bond motifs is 2. The lowest BCUT2D eigenvalue weighted by atomic mass is 9.95. The van der Waals surface area contributed by atoms with Gasteiger partial charge in [0, 0.05) is 11.7 Å². The maximum Gasteiger partial charge on any atom is 0.143 e. The molecule has 2 fully saturated rings. The molecule has 104 valence electrons. The maximum atomic E-state index is 3.96. The van der Waals surface area contributed by atoms with Crippen LogP contribution in [0.5, 0.6) is 0 Å². The normalized spacial score (nSPS) is 27.9. The zero-order chi connectivity index (χ0) is 13.5. The number of nitrogens with zero attached hydrogens (tertiary/aromatic N) is 4. The minimum atomic E-state index is 0.650. The smallest absolute Gasteiger partial charge is 0.143 e. The van der Waals surface area contributed by atoms with Crippen molar-refractivity contribution in [3.63, 3.8) is 0 Å². The van der Waals surface area contributed by atoms with E-state index in [0.717, 1.165) is 17.5 Å². The third-order valence-corrected chi connectivity index (χ3v) is 4.91. The van der Waals surface area contributed by atoms with Gasteiger partial charge in [0.2, 0.25) is 0 Å². The second kappa shape index (κ2) is 4.58. The summed E-state index contributed by atoms with van der Waals surface area (Å²) in [6.07, 6.45) is 7.22. The van der Waals surface area contributed by atoms with Gasteiger partial charge in [-0.15, -0.1) is 5.10 Å². The summed E-state index contributed by atoms with van der Waals surface area (Å²) in [4.78, 5) is 0. The Hall–Kier alpha value is -1.91. The van der Waals surface area contributed by atoms with E-state index in [-0.39, 0.29) is 0 Å². The van der Waals surface area contributed by atoms with E-state index in [1.165, 1.54) is 36.9 Å². The number of aromatic nitrogens is 4. The largest absolute Gasteiger partial charge is 0.382 e. The van der Waals surface area contributed by atoms with Crippen molar-refractivity contribution in [2.24, 2.45) is 11.8 Å². The van der Waals surface area contributed by atoms with Crippen molar-refractivity contribution in [1.82, 2.24) is 20.2 Å². The number of rotatable bonds is 3. The molecule has 5 nitrogen and oxygen atoms in total. The fourth-order valence-corrected chi connectivity index (χ4v) is 3.81. The first-order valence-corrected chi connectivity index (χ1v) is 7.40. The van der Waals surface area contributed by atoms with Gasteiger partial charge in [0.1, 0.15) is 6.33 Å². The minimum Gasteiger partial charge on any atom is -0.382 e. The fraction of sp³-hybridized carbons (Fsp3) is 0.533. The van der Waals surface area contributed by atoms with E-state index in [1.54, 1.807) is 11.0 Å². The monoisotopic (exact) mass is 269 g/mol. The van der Waals surface area contributed by atoms with Gasteiger partial charge in [0.15, 0.2) is 0 Å². The molecule has 1 heterocycles. The summed E-state index contributed by atoms with van der Waals surface area (Å²) in [7, 11) is 0. The molecule has 2 bridgehead atoms. The SMILES string of the molecule is Cc1ccc(-n2cnnn2)cc1NC1CC2CCC1C2. The first-order valence-electron chi connectivity index (χ1n) is 7.40. The number of anilines is 1. The Morgan fingerprint density at radius 1 is 1.25 bits per heavy atom. The number of benzene rings is 1. The molecular weight excluding hydrogens is 250 g/mol. The molecular formula is C15H19N5. The molecule has 0 radical (unpaired) electrons. The van der Waals surface area contributed by atoms with Gasteiger partial charge in [-0.2, -0.15) is 0 Å². The lowest BCUT2D eigenvalue weighted by molar-refractivity contribution is 0.439. The topological polar surface area (TPSA) is 55.6 Å². The molecule has 2 saturated carbocycles. The van der Waals surface area contributed by atoms with Crippen molar-refractivity contribution < 1.29 is 0 Å². The van der Waals surface area contributed by atoms with E-state index >= 15 is 0 Å². The molecule has 2 aromatic rings. The van der Waals surface area contributed by atoms with Crippen molar-refractivity contribution >= 4 is 5.69 Å². The number of aryl methyl sites for hydroxylation is 1. The van der Waals surface area contributed by atoms with Crippen molar-refractivity contribution in [3.05, 3.63) is 30.1 Å². The Labute approximate surface area is 118 Å². The van der Waals surface area contributed by atoms with Gasteiger partial charge in [-0.05, 0) is 66.1 Å². The highest BCUT2D eigenvalue weighted by Gasteiger charge is 2.39. The Morgan fingerprint density at radius 3 is 2.90 bits per heavy atom. The van der Waals surface area contributed by atoms with E-state index < -0.39 is 0 Å². The number of hydrogen-bond acceptors (Lipinski definition) is 4. The zero-order valence-electron chi connectivity index (χ0n) is 11.7. The van der Waals surface area contributed by atoms with E-state index in [0.29, 0.717) is 6.04 Å². The van der Waals surface area contributed by atoms with Crippen LogP contribution in [0.1, 0.15) is 31.2 Å². The standard InChI is InChI=1S/C15H19N5/c1-10-2-5-13(20-9-16-18-19-20)8-14(10)17-15-7-11-3-4-12(15)6-11/h2,5,8-9,11-12,15,17H,3-4,6-7H2,1H3. The summed E-state index contributed by atoms with van der Waals surface area (Å²) < 4.78 is 1.70. The second-order valence-electron chi connectivity index (χ2n) is 6.18. The predicted octanol–water partition coefficient (Wildman–Crippen LogP) is 2.57. The van der Waals surface area contributed by atoms with Crippen LogP contribution in [0.15, 0.2) is 24.5 Å². The van der Waals surface area contributed by atoms with Crippen molar-refractivity contribution in [1.29, 1.82) is 0 Å². The van der Waals surface area contributed by atoms with Crippen LogP contribution >= 0.6 is 0 Å². The molecule has 2 aliphatic carbocycles. The summed E-state index contributed by atoms with van der Waals surface area (Å²) >= 11 is 0. The van der Waals surface area contributed by atoms with Crippen LogP contribution in [0.4, 0.5) is 5.69 Å². The molecule has 1 aromatic carbocycles. The maximum absolute atomic E-state index is 3.96. The molecule has 2 aliphatic rings. The fourth-order valence-electron chi connectivity index (χ4n) is 3.81. The number of hydrogen-bond donors (Lipinski definition) is 1. The van der Waals surface area contributed by atoms with Crippen LogP contribution < -0.4 is 5.32 Å². The average molecular weight is 269 g/mol. The molecule has 5 heteroatoms. The van der Waals surface area contributed by atoms with Crippen LogP contribution in [0.25, 0.3) is 5.69 Å². The molecule has 1 aromatic heterocycles. The molecule has 0 aliphatic heterocycles. The van der Waals surface area contributed by atoms with Gasteiger partial charge in [-0.1, -0.05) is 12.5 Å². The van der Waals surface area contributed by atoms with Gasteiger partial charge in [-0.25, -0.2) is 4.68 Å². The summed E-state index contributed by atoms with van der Waals surface area (Å²) in [5.41, 5.74) is 3.51. The Morgan fingerprint density at radius 2 is 2.20 bits per heavy atom. The van der Waals surface area contributed by atoms with Crippen molar-refractivity contribution in [2.45, 2.75) is 38.6 Å². The molecule has 20 heavy (non-hydrogen) atoms. The van der Waals surface area contributed by atoms with E-state index in [4.69, 9.17) is 0 Å². The summed E-state index contributed by atoms with van der Waals surface area (Å²) in [6, 6.07) is 6.98. The molecule has 0 amide bonds. The third kappa shape index (κ3) is 1.97. The number of tetrazole rings is 1. The van der Waals surface area contributed by atoms with E-state index in [9.17, 15) is 0 Å². The van der Waals surface area contributed by atoms with Crippen molar-refractivity contribution in [2.75, 3.05) is 5.32 Å². The number of nitrogens with one attached hydrogen (secondary N) is 1. The highest BCUT2D eigenvalue weighted by molar-refractivity contribution is 5.57. The van der Waals surface area contributed by atoms with E-state index in [1.807, 2.05) is 0 Å². The first kappa shape index (κ1) is 11.9. The van der Waals surface area contributed by atoms with E-state index in [2.05, 4.69) is 46.0 Å². The highest BCUT2D eigenvalue weighted by Crippen LogP contribution is 2.45. The first-order chi connectivity index (χ1) is 9.79. The lowest BCUT2D eigenvalue weighted by Gasteiger charge is -2.25. The molecule has 3 atom stereocenters. The predicted molar refractivity (Wildman–Crippen MR) is 76.7 cm³/mol. The van der Waals surface area contributed by atoms with Crippen LogP contribution in [-0.4, -0.2) is 26.2 Å². The summed E-state index contributed by atoms with van der Waals surface area (Å²) in [5.74, 6) is 1.83. The quantitative estimate of drug-likeness (QED) is 0.930. The van der Waals surface area contributed by atoms with Crippen LogP contribution in [0.3, 0.4) is 0 Å². The van der Waals surface area contributed by atoms with Crippen LogP contribution in [0, 0.1) is 18.8 Å². The molecule has 0 spiro atoms. The summed E-state index contributed by atoms with van der Waals surface area (Å²) in [5, 5.41) is 15.1. The Kier molecular flexibility index (Phi) is 2.72. The average Bonchev–Trinajstić information content (AvgIpc) is 3.17. The minimum absolute atomic E-state index is 0.650. The zero-order valence-corrected chi connectivity index (χ0v) is 11.7. The van der Waals surface area contributed by atoms with Gasteiger partial charge < -0.3 is 5.32 Å². The Bertz CT molecular complexity index is 607. The Balaban J connectivity index is 1.59. The highest BCUT2D eigenvalue weighted by atomic mass is 15.5. The molecule has 1 N–H and O–H groups in total. The van der Waals surface area contributed by atoms with Gasteiger partial charge in [0.05, 0.1) is 5.69 Å². The van der Waals surface area contributed by atoms with Crippen LogP contribution in [-0.2, 0) is 0 Å². The molecule has 3 unspecified atom stereocenters. The third-order valence-electron chi connectivity index (χ3n) is 4.91. The van der Waals surface area contributed by atoms with Crippen LogP contribution in [0.2, 0.25) is 0 Å². The van der Waals surface area contributed by atoms with Gasteiger partial charge in [-0.3, -0.25) is 0 Å². The van der Waals surface area contributed by atoms with Crippen molar-refractivity contribution in [3.8, 4) is 5.69 Å². The summed E-state index contributed by atoms with van der Waals surface area (Å²) in [6.45, 7) is 2.15. The molecule has 0 saturated heterocycles. The second-order valence-corrected chi connectivity index (χ2v) is 6.18. The molecule has 4 rings (SSSR count).